The lowest BCUT2D eigenvalue weighted by molar-refractivity contribution is -0.120. The Morgan fingerprint density at radius 1 is 1.23 bits per heavy atom. The van der Waals surface area contributed by atoms with Crippen LogP contribution in [-0.4, -0.2) is 16.5 Å². The Bertz CT molecular complexity index is 225. The normalized spacial score (nSPS) is 11.7. The van der Waals surface area contributed by atoms with E-state index in [0.717, 1.165) is 5.57 Å². The van der Waals surface area contributed by atoms with E-state index in [1.54, 1.807) is 13.8 Å². The van der Waals surface area contributed by atoms with Gasteiger partial charge in [-0.3, -0.25) is 4.79 Å². The third-order valence-corrected chi connectivity index (χ3v) is 1.88. The summed E-state index contributed by atoms with van der Waals surface area (Å²) in [5, 5.41) is 9.79. The van der Waals surface area contributed by atoms with E-state index in [2.05, 4.69) is 0 Å². The van der Waals surface area contributed by atoms with Gasteiger partial charge in [-0.25, -0.2) is 0 Å². The Labute approximate surface area is 80.7 Å². The molecule has 13 heavy (non-hydrogen) atoms. The van der Waals surface area contributed by atoms with Crippen LogP contribution in [-0.2, 0) is 4.79 Å². The van der Waals surface area contributed by atoms with Gasteiger partial charge in [0, 0.05) is 11.5 Å². The molecular formula is C11H20O2. The number of aliphatic hydroxyl groups is 1. The van der Waals surface area contributed by atoms with E-state index in [4.69, 9.17) is 0 Å². The summed E-state index contributed by atoms with van der Waals surface area (Å²) < 4.78 is 0. The fourth-order valence-electron chi connectivity index (χ4n) is 1.45. The van der Waals surface area contributed by atoms with E-state index in [0.29, 0.717) is 5.57 Å². The zero-order chi connectivity index (χ0) is 10.8. The van der Waals surface area contributed by atoms with Crippen LogP contribution in [0.5, 0.6) is 0 Å². The lowest BCUT2D eigenvalue weighted by atomic mass is 9.86. The summed E-state index contributed by atoms with van der Waals surface area (Å²) in [5.41, 5.74) is 0.411. The average molecular weight is 184 g/mol. The van der Waals surface area contributed by atoms with Crippen molar-refractivity contribution in [2.24, 2.45) is 5.92 Å². The van der Waals surface area contributed by atoms with Crippen molar-refractivity contribution >= 4 is 5.78 Å². The van der Waals surface area contributed by atoms with Crippen LogP contribution >= 0.6 is 0 Å². The van der Waals surface area contributed by atoms with Gasteiger partial charge in [0.05, 0.1) is 5.60 Å². The monoisotopic (exact) mass is 184 g/mol. The highest BCUT2D eigenvalue weighted by Gasteiger charge is 2.28. The highest BCUT2D eigenvalue weighted by Crippen LogP contribution is 2.23. The first-order chi connectivity index (χ1) is 5.68. The zero-order valence-corrected chi connectivity index (χ0v) is 9.43. The van der Waals surface area contributed by atoms with Crippen LogP contribution < -0.4 is 0 Å². The quantitative estimate of drug-likeness (QED) is 0.683. The highest BCUT2D eigenvalue weighted by molar-refractivity contribution is 5.98. The smallest absolute Gasteiger partial charge is 0.164 e. The second-order valence-electron chi connectivity index (χ2n) is 4.45. The van der Waals surface area contributed by atoms with Gasteiger partial charge in [0.25, 0.3) is 0 Å². The summed E-state index contributed by atoms with van der Waals surface area (Å²) in [4.78, 5) is 11.7. The lowest BCUT2D eigenvalue weighted by Gasteiger charge is -2.23. The summed E-state index contributed by atoms with van der Waals surface area (Å²) >= 11 is 0. The Balaban J connectivity index is 5.11. The van der Waals surface area contributed by atoms with Crippen LogP contribution in [0.4, 0.5) is 0 Å². The summed E-state index contributed by atoms with van der Waals surface area (Å²) in [6.45, 7) is 10.7. The number of carbonyl (C=O) groups excluding carboxylic acids is 1. The first-order valence-electron chi connectivity index (χ1n) is 4.62. The maximum Gasteiger partial charge on any atom is 0.164 e. The van der Waals surface area contributed by atoms with Gasteiger partial charge in [-0.1, -0.05) is 19.4 Å². The molecule has 1 N–H and O–H groups in total. The molecule has 0 aliphatic heterocycles. The van der Waals surface area contributed by atoms with Gasteiger partial charge in [-0.15, -0.1) is 0 Å². The summed E-state index contributed by atoms with van der Waals surface area (Å²) in [7, 11) is 0. The van der Waals surface area contributed by atoms with Crippen molar-refractivity contribution in [2.45, 2.75) is 47.1 Å². The van der Waals surface area contributed by atoms with Crippen LogP contribution in [0.15, 0.2) is 11.1 Å². The fraction of sp³-hybridized carbons (Fsp3) is 0.727. The molecular weight excluding hydrogens is 164 g/mol. The number of ketones is 1. The molecule has 0 fully saturated rings. The predicted octanol–water partition coefficient (Wildman–Crippen LogP) is 2.32. The zero-order valence-electron chi connectivity index (χ0n) is 9.43. The Morgan fingerprint density at radius 2 is 1.62 bits per heavy atom. The third-order valence-electron chi connectivity index (χ3n) is 1.88. The van der Waals surface area contributed by atoms with Gasteiger partial charge in [0.2, 0.25) is 0 Å². The van der Waals surface area contributed by atoms with Crippen LogP contribution in [0, 0.1) is 5.92 Å². The van der Waals surface area contributed by atoms with Crippen LogP contribution in [0.25, 0.3) is 0 Å². The summed E-state index contributed by atoms with van der Waals surface area (Å²) in [6, 6.07) is 0. The molecule has 2 heteroatoms. The van der Waals surface area contributed by atoms with Crippen molar-refractivity contribution in [1.82, 2.24) is 0 Å². The molecule has 0 heterocycles. The Hall–Kier alpha value is -0.630. The van der Waals surface area contributed by atoms with Gasteiger partial charge < -0.3 is 5.11 Å². The minimum absolute atomic E-state index is 0.0347. The Kier molecular flexibility index (Phi) is 3.86. The molecule has 0 unspecified atom stereocenters. The summed E-state index contributed by atoms with van der Waals surface area (Å²) in [6.07, 6.45) is 0. The van der Waals surface area contributed by atoms with Crippen molar-refractivity contribution in [3.63, 3.8) is 0 Å². The SMILES string of the molecule is CC(C)=C(C(=O)C(C)C)C(C)(C)O. The van der Waals surface area contributed by atoms with E-state index in [9.17, 15) is 9.90 Å². The van der Waals surface area contributed by atoms with Crippen molar-refractivity contribution in [2.75, 3.05) is 0 Å². The van der Waals surface area contributed by atoms with Gasteiger partial charge >= 0.3 is 0 Å². The van der Waals surface area contributed by atoms with E-state index < -0.39 is 5.60 Å². The molecule has 0 amide bonds. The number of hydrogen-bond acceptors (Lipinski definition) is 2. The van der Waals surface area contributed by atoms with Crippen LogP contribution in [0.1, 0.15) is 41.5 Å². The molecule has 0 spiro atoms. The molecule has 0 saturated carbocycles. The second-order valence-corrected chi connectivity index (χ2v) is 4.45. The number of Topliss-reactive ketones (excluding diaryl/α,β-unsaturated/α-hetero) is 1. The molecule has 0 aromatic carbocycles. The van der Waals surface area contributed by atoms with E-state index in [1.807, 2.05) is 27.7 Å². The number of rotatable bonds is 3. The molecule has 0 aliphatic rings. The maximum absolute atomic E-state index is 11.7. The van der Waals surface area contributed by atoms with Gasteiger partial charge in [0.15, 0.2) is 5.78 Å². The van der Waals surface area contributed by atoms with Crippen molar-refractivity contribution in [1.29, 1.82) is 0 Å². The first-order valence-corrected chi connectivity index (χ1v) is 4.62. The maximum atomic E-state index is 11.7. The highest BCUT2D eigenvalue weighted by atomic mass is 16.3. The third kappa shape index (κ3) is 3.31. The van der Waals surface area contributed by atoms with Crippen LogP contribution in [0.2, 0.25) is 0 Å². The fourth-order valence-corrected chi connectivity index (χ4v) is 1.45. The number of hydrogen-bond donors (Lipinski definition) is 1. The minimum Gasteiger partial charge on any atom is -0.386 e. The molecule has 0 atom stereocenters. The van der Waals surface area contributed by atoms with Gasteiger partial charge in [-0.05, 0) is 27.7 Å². The molecule has 76 valence electrons. The van der Waals surface area contributed by atoms with E-state index in [1.165, 1.54) is 0 Å². The second kappa shape index (κ2) is 4.05. The standard InChI is InChI=1S/C11H20O2/c1-7(2)9(11(5,6)13)10(12)8(3)4/h8,13H,1-6H3. The molecule has 2 nitrogen and oxygen atoms in total. The molecule has 0 radical (unpaired) electrons. The topological polar surface area (TPSA) is 37.3 Å². The van der Waals surface area contributed by atoms with E-state index in [-0.39, 0.29) is 11.7 Å². The molecule has 0 aromatic rings. The van der Waals surface area contributed by atoms with E-state index >= 15 is 0 Å². The average Bonchev–Trinajstić information content (AvgIpc) is 1.82. The van der Waals surface area contributed by atoms with Gasteiger partial charge in [0.1, 0.15) is 0 Å². The first kappa shape index (κ1) is 12.4. The number of carbonyl (C=O) groups is 1. The molecule has 0 aliphatic carbocycles. The summed E-state index contributed by atoms with van der Waals surface area (Å²) in [5.74, 6) is -0.0242. The van der Waals surface area contributed by atoms with Crippen LogP contribution in [0.3, 0.4) is 0 Å². The number of allylic oxidation sites excluding steroid dienone is 1. The van der Waals surface area contributed by atoms with Crippen molar-refractivity contribution in [3.8, 4) is 0 Å². The molecule has 0 saturated heterocycles. The molecule has 0 rings (SSSR count). The minimum atomic E-state index is -1.03. The molecule has 0 aromatic heterocycles. The van der Waals surface area contributed by atoms with Crippen molar-refractivity contribution in [3.05, 3.63) is 11.1 Å². The largest absolute Gasteiger partial charge is 0.386 e. The lowest BCUT2D eigenvalue weighted by Crippen LogP contribution is -2.30. The Morgan fingerprint density at radius 3 is 1.69 bits per heavy atom. The van der Waals surface area contributed by atoms with Gasteiger partial charge in [-0.2, -0.15) is 0 Å². The predicted molar refractivity (Wildman–Crippen MR) is 54.5 cm³/mol. The van der Waals surface area contributed by atoms with Crippen molar-refractivity contribution < 1.29 is 9.90 Å². The molecule has 0 bridgehead atoms.